The van der Waals surface area contributed by atoms with Gasteiger partial charge in [0.15, 0.2) is 11.2 Å². The van der Waals surface area contributed by atoms with E-state index in [9.17, 15) is 4.39 Å². The standard InChI is InChI=1S/C13H14FN5S/c1-6-3-4-8(5-9(6)14)13(16)10-11(17-7(2)19-13)20-12(15)18-10/h3-5,12H,15-16H2,1-2H3. The largest absolute Gasteiger partial charge is 0.301 e. The summed E-state index contributed by atoms with van der Waals surface area (Å²) in [5.41, 5.74) is 12.1. The van der Waals surface area contributed by atoms with E-state index in [0.29, 0.717) is 27.7 Å². The second-order valence-electron chi connectivity index (χ2n) is 4.79. The summed E-state index contributed by atoms with van der Waals surface area (Å²) >= 11 is 1.33. The van der Waals surface area contributed by atoms with Crippen LogP contribution in [-0.4, -0.2) is 22.1 Å². The van der Waals surface area contributed by atoms with Crippen molar-refractivity contribution in [1.29, 1.82) is 0 Å². The van der Waals surface area contributed by atoms with Crippen molar-refractivity contribution in [2.75, 3.05) is 0 Å². The molecular formula is C13H14FN5S. The highest BCUT2D eigenvalue weighted by atomic mass is 32.2. The van der Waals surface area contributed by atoms with Gasteiger partial charge in [0.05, 0.1) is 0 Å². The molecule has 5 nitrogen and oxygen atoms in total. The Balaban J connectivity index is 2.17. The molecule has 2 aliphatic rings. The summed E-state index contributed by atoms with van der Waals surface area (Å²) in [4.78, 5) is 13.0. The minimum atomic E-state index is -1.23. The Labute approximate surface area is 120 Å². The molecule has 2 heterocycles. The minimum Gasteiger partial charge on any atom is -0.301 e. The van der Waals surface area contributed by atoms with Crippen molar-refractivity contribution < 1.29 is 4.39 Å². The van der Waals surface area contributed by atoms with Crippen molar-refractivity contribution in [1.82, 2.24) is 0 Å². The van der Waals surface area contributed by atoms with E-state index < -0.39 is 11.2 Å². The molecule has 0 aliphatic carbocycles. The molecule has 20 heavy (non-hydrogen) atoms. The lowest BCUT2D eigenvalue weighted by Gasteiger charge is -2.29. The van der Waals surface area contributed by atoms with E-state index in [1.165, 1.54) is 17.8 Å². The quantitative estimate of drug-likeness (QED) is 0.821. The van der Waals surface area contributed by atoms with Gasteiger partial charge >= 0.3 is 0 Å². The van der Waals surface area contributed by atoms with Gasteiger partial charge in [-0.25, -0.2) is 14.4 Å². The van der Waals surface area contributed by atoms with Crippen molar-refractivity contribution in [2.24, 2.45) is 26.4 Å². The lowest BCUT2D eigenvalue weighted by Crippen LogP contribution is -2.48. The van der Waals surface area contributed by atoms with Crippen molar-refractivity contribution in [2.45, 2.75) is 25.0 Å². The molecule has 0 radical (unpaired) electrons. The van der Waals surface area contributed by atoms with Crippen LogP contribution in [-0.2, 0) is 5.66 Å². The average molecular weight is 291 g/mol. The molecule has 0 saturated carbocycles. The number of nitrogens with zero attached hydrogens (tertiary/aromatic N) is 3. The first-order valence-corrected chi connectivity index (χ1v) is 6.99. The molecule has 0 bridgehead atoms. The van der Waals surface area contributed by atoms with Crippen LogP contribution in [0.15, 0.2) is 33.2 Å². The number of benzene rings is 1. The highest BCUT2D eigenvalue weighted by molar-refractivity contribution is 8.16. The number of aryl methyl sites for hydroxylation is 1. The molecule has 0 amide bonds. The Kier molecular flexibility index (Phi) is 3.00. The van der Waals surface area contributed by atoms with E-state index in [4.69, 9.17) is 11.5 Å². The Morgan fingerprint density at radius 1 is 1.35 bits per heavy atom. The fraction of sp³-hybridized carbons (Fsp3) is 0.308. The molecule has 2 aliphatic heterocycles. The molecule has 7 heteroatoms. The van der Waals surface area contributed by atoms with E-state index in [1.54, 1.807) is 26.0 Å². The number of hydrogen-bond donors (Lipinski definition) is 2. The van der Waals surface area contributed by atoms with Crippen LogP contribution in [0.3, 0.4) is 0 Å². The van der Waals surface area contributed by atoms with Crippen molar-refractivity contribution in [3.63, 3.8) is 0 Å². The van der Waals surface area contributed by atoms with Crippen LogP contribution in [0.4, 0.5) is 4.39 Å². The Bertz CT molecular complexity index is 681. The average Bonchev–Trinajstić information content (AvgIpc) is 2.73. The molecule has 0 spiro atoms. The number of hydrogen-bond acceptors (Lipinski definition) is 6. The smallest absolute Gasteiger partial charge is 0.181 e. The highest BCUT2D eigenvalue weighted by Crippen LogP contribution is 2.34. The number of rotatable bonds is 1. The first kappa shape index (κ1) is 13.4. The zero-order valence-corrected chi connectivity index (χ0v) is 11.9. The Hall–Kier alpha value is -1.57. The molecule has 4 N–H and O–H groups in total. The lowest BCUT2D eigenvalue weighted by molar-refractivity contribution is 0.595. The topological polar surface area (TPSA) is 89.1 Å². The maximum Gasteiger partial charge on any atom is 0.181 e. The normalized spacial score (nSPS) is 28.6. The first-order chi connectivity index (χ1) is 9.40. The van der Waals surface area contributed by atoms with E-state index in [0.717, 1.165) is 0 Å². The van der Waals surface area contributed by atoms with Gasteiger partial charge < -0.3 is 5.73 Å². The summed E-state index contributed by atoms with van der Waals surface area (Å²) < 4.78 is 13.8. The second kappa shape index (κ2) is 4.47. The minimum absolute atomic E-state index is 0.320. The monoisotopic (exact) mass is 291 g/mol. The maximum atomic E-state index is 13.8. The summed E-state index contributed by atoms with van der Waals surface area (Å²) in [6, 6.07) is 4.83. The third-order valence-electron chi connectivity index (χ3n) is 3.27. The summed E-state index contributed by atoms with van der Waals surface area (Å²) in [5.74, 6) is 0.212. The fourth-order valence-corrected chi connectivity index (χ4v) is 3.12. The highest BCUT2D eigenvalue weighted by Gasteiger charge is 2.43. The summed E-state index contributed by atoms with van der Waals surface area (Å²) in [7, 11) is 0. The predicted octanol–water partition coefficient (Wildman–Crippen LogP) is 1.51. The van der Waals surface area contributed by atoms with Crippen LogP contribution in [0.5, 0.6) is 0 Å². The molecule has 2 unspecified atom stereocenters. The zero-order chi connectivity index (χ0) is 14.5. The molecule has 1 aromatic rings. The number of halogens is 1. The third-order valence-corrected chi connectivity index (χ3v) is 4.12. The summed E-state index contributed by atoms with van der Waals surface area (Å²) in [5, 5.41) is 0.661. The summed E-state index contributed by atoms with van der Waals surface area (Å²) in [6.07, 6.45) is 0. The van der Waals surface area contributed by atoms with Gasteiger partial charge in [-0.2, -0.15) is 0 Å². The van der Waals surface area contributed by atoms with E-state index >= 15 is 0 Å². The van der Waals surface area contributed by atoms with Gasteiger partial charge in [-0.3, -0.25) is 10.7 Å². The molecule has 0 aromatic heterocycles. The molecular weight excluding hydrogens is 277 g/mol. The number of amidine groups is 1. The SMILES string of the molecule is CC1=NC(N)(c2ccc(C)c(F)c2)C2=NC(N)SC2=N1. The molecule has 104 valence electrons. The van der Waals surface area contributed by atoms with Crippen molar-refractivity contribution in [3.8, 4) is 0 Å². The molecule has 2 atom stereocenters. The molecule has 0 saturated heterocycles. The van der Waals surface area contributed by atoms with Gasteiger partial charge in [-0.15, -0.1) is 0 Å². The van der Waals surface area contributed by atoms with Crippen LogP contribution in [0.2, 0.25) is 0 Å². The number of thioether (sulfide) groups is 1. The van der Waals surface area contributed by atoms with E-state index in [2.05, 4.69) is 15.0 Å². The molecule has 1 aromatic carbocycles. The molecule has 0 fully saturated rings. The summed E-state index contributed by atoms with van der Waals surface area (Å²) in [6.45, 7) is 3.45. The maximum absolute atomic E-state index is 13.8. The van der Waals surface area contributed by atoms with Crippen LogP contribution in [0, 0.1) is 12.7 Å². The van der Waals surface area contributed by atoms with Gasteiger partial charge in [0.2, 0.25) is 0 Å². The van der Waals surface area contributed by atoms with Gasteiger partial charge in [0.1, 0.15) is 22.4 Å². The van der Waals surface area contributed by atoms with Crippen LogP contribution in [0.1, 0.15) is 18.1 Å². The van der Waals surface area contributed by atoms with Crippen LogP contribution >= 0.6 is 11.8 Å². The van der Waals surface area contributed by atoms with Crippen LogP contribution < -0.4 is 11.5 Å². The van der Waals surface area contributed by atoms with Crippen LogP contribution in [0.25, 0.3) is 0 Å². The predicted molar refractivity (Wildman–Crippen MR) is 80.5 cm³/mol. The number of nitrogens with two attached hydrogens (primary N) is 2. The number of aliphatic imine (C=N–C) groups is 3. The molecule has 3 rings (SSSR count). The van der Waals surface area contributed by atoms with Gasteiger partial charge in [-0.1, -0.05) is 23.9 Å². The third kappa shape index (κ3) is 1.98. The van der Waals surface area contributed by atoms with Gasteiger partial charge in [0.25, 0.3) is 0 Å². The Morgan fingerprint density at radius 2 is 2.10 bits per heavy atom. The van der Waals surface area contributed by atoms with E-state index in [1.807, 2.05) is 0 Å². The van der Waals surface area contributed by atoms with Gasteiger partial charge in [-0.05, 0) is 25.5 Å². The van der Waals surface area contributed by atoms with Crippen molar-refractivity contribution >= 4 is 28.4 Å². The second-order valence-corrected chi connectivity index (χ2v) is 5.90. The lowest BCUT2D eigenvalue weighted by atomic mass is 9.93. The zero-order valence-electron chi connectivity index (χ0n) is 11.1. The van der Waals surface area contributed by atoms with Gasteiger partial charge in [0, 0.05) is 5.56 Å². The van der Waals surface area contributed by atoms with E-state index in [-0.39, 0.29) is 5.82 Å². The fourth-order valence-electron chi connectivity index (χ4n) is 2.23. The number of fused-ring (bicyclic) bond motifs is 1. The van der Waals surface area contributed by atoms with Crippen molar-refractivity contribution in [3.05, 3.63) is 35.1 Å². The first-order valence-electron chi connectivity index (χ1n) is 6.12. The Morgan fingerprint density at radius 3 is 2.80 bits per heavy atom.